The summed E-state index contributed by atoms with van der Waals surface area (Å²) in [4.78, 5) is 10.2. The van der Waals surface area contributed by atoms with Gasteiger partial charge < -0.3 is 9.84 Å². The fourth-order valence-corrected chi connectivity index (χ4v) is 3.16. The molecule has 0 aliphatic carbocycles. The van der Waals surface area contributed by atoms with Crippen molar-refractivity contribution in [3.05, 3.63) is 0 Å². The predicted octanol–water partition coefficient (Wildman–Crippen LogP) is 7.07. The van der Waals surface area contributed by atoms with Gasteiger partial charge in [-0.15, -0.1) is 0 Å². The van der Waals surface area contributed by atoms with Gasteiger partial charge in [-0.05, 0) is 6.42 Å². The predicted molar refractivity (Wildman–Crippen MR) is 110 cm³/mol. The number of carboxylic acid groups (broad SMARTS) is 1. The van der Waals surface area contributed by atoms with Crippen molar-refractivity contribution in [1.29, 1.82) is 0 Å². The molecule has 0 aromatic heterocycles. The second-order valence-corrected chi connectivity index (χ2v) is 7.12. The second kappa shape index (κ2) is 23.9. The molecule has 146 valence electrons. The van der Waals surface area contributed by atoms with Crippen molar-refractivity contribution in [3.63, 3.8) is 0 Å². The summed E-state index contributed by atoms with van der Waals surface area (Å²) in [7, 11) is 0. The molecule has 0 spiro atoms. The molecule has 0 aromatic rings. The van der Waals surface area contributed by atoms with Crippen LogP contribution in [0.3, 0.4) is 0 Å². The zero-order valence-corrected chi connectivity index (χ0v) is 16.2. The van der Waals surface area contributed by atoms with Gasteiger partial charge >= 0.3 is 25.0 Å². The van der Waals surface area contributed by atoms with E-state index in [1.54, 1.807) is 0 Å². The number of hydrogen-bond acceptors (Lipinski definition) is 2. The van der Waals surface area contributed by atoms with E-state index in [4.69, 9.17) is 5.11 Å². The van der Waals surface area contributed by atoms with Gasteiger partial charge in [0.2, 0.25) is 0 Å². The molecule has 0 atom stereocenters. The van der Waals surface area contributed by atoms with Crippen LogP contribution in [-0.2, 0) is 4.74 Å². The van der Waals surface area contributed by atoms with Crippen LogP contribution in [0.25, 0.3) is 0 Å². The molecule has 0 bridgehead atoms. The molecule has 0 fully saturated rings. The summed E-state index contributed by atoms with van der Waals surface area (Å²) < 4.78 is 4.49. The van der Waals surface area contributed by atoms with Gasteiger partial charge in [-0.2, -0.15) is 0 Å². The van der Waals surface area contributed by atoms with E-state index in [2.05, 4.69) is 11.7 Å². The van der Waals surface area contributed by atoms with Crippen molar-refractivity contribution < 1.29 is 14.6 Å². The summed E-state index contributed by atoms with van der Waals surface area (Å²) >= 11 is 0. The number of ether oxygens (including phenoxy) is 1. The first-order valence-corrected chi connectivity index (χ1v) is 10.6. The van der Waals surface area contributed by atoms with Crippen molar-refractivity contribution in [2.45, 2.75) is 122 Å². The van der Waals surface area contributed by atoms with Crippen LogP contribution in [0.2, 0.25) is 0 Å². The van der Waals surface area contributed by atoms with E-state index in [9.17, 15) is 4.79 Å². The Bertz CT molecular complexity index is 260. The Labute approximate surface area is 168 Å². The van der Waals surface area contributed by atoms with Crippen LogP contribution in [0.1, 0.15) is 122 Å². The van der Waals surface area contributed by atoms with Gasteiger partial charge in [0, 0.05) is 0 Å². The molecule has 0 saturated heterocycles. The first kappa shape index (κ1) is 27.1. The number of hydrogen-bond donors (Lipinski definition) is 1. The molecule has 3 nitrogen and oxygen atoms in total. The summed E-state index contributed by atoms with van der Waals surface area (Å²) in [5.41, 5.74) is 0. The van der Waals surface area contributed by atoms with Crippen LogP contribution in [0.4, 0.5) is 4.79 Å². The molecule has 0 aliphatic rings. The van der Waals surface area contributed by atoms with Gasteiger partial charge in [-0.25, -0.2) is 4.79 Å². The van der Waals surface area contributed by atoms with E-state index in [0.717, 1.165) is 12.8 Å². The molecule has 0 saturated carbocycles. The summed E-state index contributed by atoms with van der Waals surface area (Å²) in [6, 6.07) is 0. The summed E-state index contributed by atoms with van der Waals surface area (Å²) in [6.07, 6.45) is 23.1. The monoisotopic (exact) mass is 350 g/mol. The number of rotatable bonds is 19. The molecule has 4 heteroatoms. The Hall–Kier alpha value is -0.133. The molecule has 0 aliphatic heterocycles. The van der Waals surface area contributed by atoms with E-state index in [1.807, 2.05) is 0 Å². The Kier molecular flexibility index (Phi) is 25.9. The third kappa shape index (κ3) is 26.2. The van der Waals surface area contributed by atoms with Crippen molar-refractivity contribution >= 4 is 25.0 Å². The minimum atomic E-state index is -1.15. The molecule has 0 radical (unpaired) electrons. The summed E-state index contributed by atoms with van der Waals surface area (Å²) in [6.45, 7) is 2.63. The molecule has 0 aromatic carbocycles. The third-order valence-electron chi connectivity index (χ3n) is 4.72. The Morgan fingerprint density at radius 1 is 0.600 bits per heavy atom. The average Bonchev–Trinajstić information content (AvgIpc) is 2.56. The summed E-state index contributed by atoms with van der Waals surface area (Å²) in [5.74, 6) is 0. The zero-order valence-electron chi connectivity index (χ0n) is 16.2. The van der Waals surface area contributed by atoms with E-state index in [-0.39, 0.29) is 18.9 Å². The van der Waals surface area contributed by atoms with Crippen LogP contribution in [0, 0.1) is 0 Å². The van der Waals surface area contributed by atoms with Gasteiger partial charge in [0.1, 0.15) is 0 Å². The number of carbonyl (C=O) groups is 1. The van der Waals surface area contributed by atoms with Crippen LogP contribution in [0.5, 0.6) is 0 Å². The standard InChI is InChI=1S/C21H42O3.Li.H/c1-2-3-4-5-6-7-8-9-10-11-12-13-14-15-16-17-18-19-20-24-21(22)23;;/h2-20H2,1H3,(H,22,23);;. The van der Waals surface area contributed by atoms with Crippen LogP contribution >= 0.6 is 0 Å². The Balaban J connectivity index is 0. The van der Waals surface area contributed by atoms with E-state index >= 15 is 0 Å². The fourth-order valence-electron chi connectivity index (χ4n) is 3.16. The molecule has 1 N–H and O–H groups in total. The molecule has 0 amide bonds. The number of unbranched alkanes of at least 4 members (excludes halogenated alkanes) is 17. The van der Waals surface area contributed by atoms with E-state index in [1.165, 1.54) is 103 Å². The fraction of sp³-hybridized carbons (Fsp3) is 0.952. The molecule has 25 heavy (non-hydrogen) atoms. The normalized spacial score (nSPS) is 10.4. The van der Waals surface area contributed by atoms with Crippen LogP contribution in [0.15, 0.2) is 0 Å². The van der Waals surface area contributed by atoms with Crippen molar-refractivity contribution in [1.82, 2.24) is 0 Å². The Morgan fingerprint density at radius 2 is 0.880 bits per heavy atom. The first-order chi connectivity index (χ1) is 11.8. The van der Waals surface area contributed by atoms with Crippen molar-refractivity contribution in [3.8, 4) is 0 Å². The first-order valence-electron chi connectivity index (χ1n) is 10.6. The average molecular weight is 351 g/mol. The maximum absolute atomic E-state index is 10.2. The van der Waals surface area contributed by atoms with Crippen molar-refractivity contribution in [2.75, 3.05) is 6.61 Å². The summed E-state index contributed by atoms with van der Waals surface area (Å²) in [5, 5.41) is 8.33. The molecular formula is C21H43LiO3. The topological polar surface area (TPSA) is 46.5 Å². The van der Waals surface area contributed by atoms with Crippen LogP contribution < -0.4 is 0 Å². The zero-order chi connectivity index (χ0) is 17.7. The molecule has 0 heterocycles. The van der Waals surface area contributed by atoms with Gasteiger partial charge in [-0.1, -0.05) is 116 Å². The molecule has 0 rings (SSSR count). The van der Waals surface area contributed by atoms with E-state index < -0.39 is 6.16 Å². The van der Waals surface area contributed by atoms with Gasteiger partial charge in [0.05, 0.1) is 6.61 Å². The SMILES string of the molecule is CCCCCCCCCCCCCCCCCCCCOC(=O)O.[LiH]. The maximum atomic E-state index is 10.2. The van der Waals surface area contributed by atoms with Crippen LogP contribution in [-0.4, -0.2) is 36.7 Å². The molecule has 0 unspecified atom stereocenters. The Morgan fingerprint density at radius 3 is 1.16 bits per heavy atom. The van der Waals surface area contributed by atoms with E-state index in [0.29, 0.717) is 6.61 Å². The third-order valence-corrected chi connectivity index (χ3v) is 4.72. The van der Waals surface area contributed by atoms with Gasteiger partial charge in [-0.3, -0.25) is 0 Å². The van der Waals surface area contributed by atoms with Gasteiger partial charge in [0.25, 0.3) is 0 Å². The second-order valence-electron chi connectivity index (χ2n) is 7.12. The van der Waals surface area contributed by atoms with Gasteiger partial charge in [0.15, 0.2) is 0 Å². The quantitative estimate of drug-likeness (QED) is 0.154. The minimum absolute atomic E-state index is 0. The molecular weight excluding hydrogens is 307 g/mol. The van der Waals surface area contributed by atoms with Crippen molar-refractivity contribution in [2.24, 2.45) is 0 Å².